The van der Waals surface area contributed by atoms with Gasteiger partial charge in [-0.05, 0) is 24.6 Å². The molecule has 0 amide bonds. The molecule has 0 radical (unpaired) electrons. The topological polar surface area (TPSA) is 59.9 Å². The predicted octanol–water partition coefficient (Wildman–Crippen LogP) is 3.72. The fourth-order valence-electron chi connectivity index (χ4n) is 2.30. The zero-order valence-corrected chi connectivity index (χ0v) is 13.1. The van der Waals surface area contributed by atoms with Crippen LogP contribution < -0.4 is 10.1 Å². The van der Waals surface area contributed by atoms with Gasteiger partial charge in [-0.2, -0.15) is 5.10 Å². The lowest BCUT2D eigenvalue weighted by atomic mass is 10.1. The molecule has 0 saturated heterocycles. The van der Waals surface area contributed by atoms with Gasteiger partial charge in [-0.3, -0.25) is 0 Å². The summed E-state index contributed by atoms with van der Waals surface area (Å²) in [6.07, 6.45) is 1.66. The second-order valence-electron chi connectivity index (χ2n) is 5.17. The highest BCUT2D eigenvalue weighted by atomic mass is 16.5. The van der Waals surface area contributed by atoms with Crippen LogP contribution in [0.25, 0.3) is 11.3 Å². The van der Waals surface area contributed by atoms with E-state index in [2.05, 4.69) is 20.5 Å². The number of methoxy groups -OCH3 is 1. The van der Waals surface area contributed by atoms with Crippen molar-refractivity contribution >= 4 is 5.95 Å². The minimum absolute atomic E-state index is 0.0397. The molecule has 3 rings (SSSR count). The van der Waals surface area contributed by atoms with Crippen LogP contribution in [0.2, 0.25) is 0 Å². The number of ether oxygens (including phenoxy) is 1. The Morgan fingerprint density at radius 2 is 1.87 bits per heavy atom. The Bertz CT molecular complexity index is 777. The van der Waals surface area contributed by atoms with Crippen LogP contribution >= 0.6 is 0 Å². The molecule has 1 heterocycles. The van der Waals surface area contributed by atoms with Crippen molar-refractivity contribution < 1.29 is 4.74 Å². The van der Waals surface area contributed by atoms with E-state index in [0.29, 0.717) is 5.95 Å². The zero-order chi connectivity index (χ0) is 16.1. The van der Waals surface area contributed by atoms with Crippen LogP contribution in [0, 0.1) is 0 Å². The van der Waals surface area contributed by atoms with E-state index in [0.717, 1.165) is 22.6 Å². The summed E-state index contributed by atoms with van der Waals surface area (Å²) in [6, 6.07) is 17.9. The van der Waals surface area contributed by atoms with Crippen LogP contribution in [-0.4, -0.2) is 22.3 Å². The van der Waals surface area contributed by atoms with Crippen molar-refractivity contribution in [2.45, 2.75) is 13.0 Å². The first-order chi connectivity index (χ1) is 11.3. The van der Waals surface area contributed by atoms with E-state index in [4.69, 9.17) is 4.74 Å². The minimum atomic E-state index is 0.0397. The van der Waals surface area contributed by atoms with Crippen LogP contribution in [0.5, 0.6) is 5.75 Å². The number of nitrogens with one attached hydrogen (secondary N) is 1. The van der Waals surface area contributed by atoms with Crippen molar-refractivity contribution in [3.05, 3.63) is 66.4 Å². The predicted molar refractivity (Wildman–Crippen MR) is 90.3 cm³/mol. The van der Waals surface area contributed by atoms with E-state index in [1.807, 2.05) is 61.5 Å². The fraction of sp³-hybridized carbons (Fsp3) is 0.167. The highest BCUT2D eigenvalue weighted by Gasteiger charge is 2.09. The first-order valence-corrected chi connectivity index (χ1v) is 7.42. The number of aromatic nitrogens is 3. The summed E-state index contributed by atoms with van der Waals surface area (Å²) >= 11 is 0. The molecule has 2 aromatic carbocycles. The molecule has 1 aromatic heterocycles. The van der Waals surface area contributed by atoms with Gasteiger partial charge in [0.2, 0.25) is 5.95 Å². The van der Waals surface area contributed by atoms with Crippen LogP contribution in [0.1, 0.15) is 18.5 Å². The average molecular weight is 306 g/mol. The molecule has 0 bridgehead atoms. The Balaban J connectivity index is 1.80. The summed E-state index contributed by atoms with van der Waals surface area (Å²) in [7, 11) is 1.66. The molecule has 116 valence electrons. The lowest BCUT2D eigenvalue weighted by molar-refractivity contribution is 0.414. The van der Waals surface area contributed by atoms with E-state index in [1.165, 1.54) is 0 Å². The summed E-state index contributed by atoms with van der Waals surface area (Å²) in [6.45, 7) is 2.05. The Kier molecular flexibility index (Phi) is 4.47. The van der Waals surface area contributed by atoms with Gasteiger partial charge in [0.15, 0.2) is 0 Å². The maximum absolute atomic E-state index is 5.26. The standard InChI is InChI=1S/C18H18N4O/c1-13(15-9-6-10-16(11-15)23-2)20-18-21-17(12-19-22-18)14-7-4-3-5-8-14/h3-13H,1-2H3,(H,20,21,22)/t13-/m1/s1. The number of benzene rings is 2. The van der Waals surface area contributed by atoms with Crippen molar-refractivity contribution in [1.29, 1.82) is 0 Å². The summed E-state index contributed by atoms with van der Waals surface area (Å²) < 4.78 is 5.26. The van der Waals surface area contributed by atoms with Gasteiger partial charge in [0, 0.05) is 5.56 Å². The summed E-state index contributed by atoms with van der Waals surface area (Å²) in [5.41, 5.74) is 2.90. The van der Waals surface area contributed by atoms with E-state index in [1.54, 1.807) is 13.3 Å². The molecule has 23 heavy (non-hydrogen) atoms. The number of rotatable bonds is 5. The molecule has 3 aromatic rings. The highest BCUT2D eigenvalue weighted by molar-refractivity contribution is 5.58. The van der Waals surface area contributed by atoms with Gasteiger partial charge in [-0.1, -0.05) is 42.5 Å². The highest BCUT2D eigenvalue weighted by Crippen LogP contribution is 2.22. The zero-order valence-electron chi connectivity index (χ0n) is 13.1. The van der Waals surface area contributed by atoms with Gasteiger partial charge in [0.05, 0.1) is 25.0 Å². The lowest BCUT2D eigenvalue weighted by Crippen LogP contribution is -2.10. The maximum Gasteiger partial charge on any atom is 0.243 e. The summed E-state index contributed by atoms with van der Waals surface area (Å²) in [5.74, 6) is 1.33. The van der Waals surface area contributed by atoms with Crippen LogP contribution in [0.4, 0.5) is 5.95 Å². The molecule has 1 atom stereocenters. The van der Waals surface area contributed by atoms with Gasteiger partial charge in [0.25, 0.3) is 0 Å². The first kappa shape index (κ1) is 15.0. The third kappa shape index (κ3) is 3.63. The lowest BCUT2D eigenvalue weighted by Gasteiger charge is -2.15. The number of nitrogens with zero attached hydrogens (tertiary/aromatic N) is 3. The molecular weight excluding hydrogens is 288 g/mol. The van der Waals surface area contributed by atoms with Gasteiger partial charge >= 0.3 is 0 Å². The van der Waals surface area contributed by atoms with Crippen LogP contribution in [0.15, 0.2) is 60.8 Å². The molecule has 0 aliphatic rings. The smallest absolute Gasteiger partial charge is 0.243 e. The molecule has 0 unspecified atom stereocenters. The molecule has 0 aliphatic carbocycles. The van der Waals surface area contributed by atoms with Gasteiger partial charge in [-0.15, -0.1) is 5.10 Å². The molecule has 0 saturated carbocycles. The van der Waals surface area contributed by atoms with E-state index in [-0.39, 0.29) is 6.04 Å². The number of hydrogen-bond donors (Lipinski definition) is 1. The van der Waals surface area contributed by atoms with E-state index < -0.39 is 0 Å². The van der Waals surface area contributed by atoms with Crippen molar-refractivity contribution in [3.63, 3.8) is 0 Å². The first-order valence-electron chi connectivity index (χ1n) is 7.42. The number of hydrogen-bond acceptors (Lipinski definition) is 5. The molecule has 0 fully saturated rings. The van der Waals surface area contributed by atoms with Crippen molar-refractivity contribution in [2.24, 2.45) is 0 Å². The SMILES string of the molecule is COc1cccc([C@@H](C)Nc2nncc(-c3ccccc3)n2)c1. The molecule has 5 heteroatoms. The Morgan fingerprint density at radius 1 is 1.04 bits per heavy atom. The second-order valence-corrected chi connectivity index (χ2v) is 5.17. The third-order valence-corrected chi connectivity index (χ3v) is 3.57. The van der Waals surface area contributed by atoms with Crippen molar-refractivity contribution in [3.8, 4) is 17.0 Å². The Morgan fingerprint density at radius 3 is 2.65 bits per heavy atom. The molecule has 0 spiro atoms. The van der Waals surface area contributed by atoms with E-state index >= 15 is 0 Å². The quantitative estimate of drug-likeness (QED) is 0.778. The molecular formula is C18H18N4O. The molecule has 0 aliphatic heterocycles. The fourth-order valence-corrected chi connectivity index (χ4v) is 2.30. The van der Waals surface area contributed by atoms with Gasteiger partial charge in [-0.25, -0.2) is 4.98 Å². The normalized spacial score (nSPS) is 11.7. The third-order valence-electron chi connectivity index (χ3n) is 3.57. The van der Waals surface area contributed by atoms with Gasteiger partial charge < -0.3 is 10.1 Å². The van der Waals surface area contributed by atoms with E-state index in [9.17, 15) is 0 Å². The van der Waals surface area contributed by atoms with Crippen molar-refractivity contribution in [1.82, 2.24) is 15.2 Å². The second kappa shape index (κ2) is 6.87. The van der Waals surface area contributed by atoms with Crippen LogP contribution in [-0.2, 0) is 0 Å². The largest absolute Gasteiger partial charge is 0.497 e. The molecule has 1 N–H and O–H groups in total. The minimum Gasteiger partial charge on any atom is -0.497 e. The summed E-state index contributed by atoms with van der Waals surface area (Å²) in [4.78, 5) is 4.54. The average Bonchev–Trinajstić information content (AvgIpc) is 2.63. The Labute approximate surface area is 135 Å². The van der Waals surface area contributed by atoms with Crippen molar-refractivity contribution in [2.75, 3.05) is 12.4 Å². The monoisotopic (exact) mass is 306 g/mol. The summed E-state index contributed by atoms with van der Waals surface area (Å²) in [5, 5.41) is 11.4. The van der Waals surface area contributed by atoms with Gasteiger partial charge in [0.1, 0.15) is 5.75 Å². The molecule has 5 nitrogen and oxygen atoms in total. The van der Waals surface area contributed by atoms with Crippen LogP contribution in [0.3, 0.4) is 0 Å². The maximum atomic E-state index is 5.26. The Hall–Kier alpha value is -2.95. The number of anilines is 1.